The van der Waals surface area contributed by atoms with E-state index in [-0.39, 0.29) is 22.0 Å². The number of imidazole rings is 1. The van der Waals surface area contributed by atoms with E-state index in [2.05, 4.69) is 235 Å². The van der Waals surface area contributed by atoms with Crippen molar-refractivity contribution in [2.75, 3.05) is 0 Å². The Bertz CT molecular complexity index is 3800. The summed E-state index contributed by atoms with van der Waals surface area (Å²) < 4.78 is 4.63. The Kier molecular flexibility index (Phi) is 11.0. The van der Waals surface area contributed by atoms with Crippen LogP contribution in [0.3, 0.4) is 0 Å². The number of aromatic hydroxyl groups is 1. The Morgan fingerprint density at radius 2 is 0.972 bits per heavy atom. The molecule has 11 aromatic rings. The maximum atomic E-state index is 11.4. The van der Waals surface area contributed by atoms with Gasteiger partial charge in [0, 0.05) is 39.5 Å². The highest BCUT2D eigenvalue weighted by Crippen LogP contribution is 2.42. The van der Waals surface area contributed by atoms with E-state index in [1.54, 1.807) is 6.07 Å². The number of nitrogens with zero attached hydrogens (tertiary/aromatic N) is 4. The van der Waals surface area contributed by atoms with Crippen LogP contribution in [0, 0.1) is 0 Å². The monoisotopic (exact) mass is 924 g/mol. The number of phenolic OH excluding ortho intramolecular Hbond substituents is 1. The maximum absolute atomic E-state index is 11.4. The van der Waals surface area contributed by atoms with Crippen molar-refractivity contribution in [1.29, 1.82) is 0 Å². The third-order valence-corrected chi connectivity index (χ3v) is 14.1. The second-order valence-electron chi connectivity index (χ2n) is 22.2. The van der Waals surface area contributed by atoms with Crippen molar-refractivity contribution in [3.63, 3.8) is 0 Å². The van der Waals surface area contributed by atoms with E-state index in [4.69, 9.17) is 9.97 Å². The van der Waals surface area contributed by atoms with Crippen molar-refractivity contribution >= 4 is 32.8 Å². The van der Waals surface area contributed by atoms with E-state index < -0.39 is 0 Å². The average molecular weight is 925 g/mol. The van der Waals surface area contributed by atoms with Crippen molar-refractivity contribution in [3.8, 4) is 73.2 Å². The molecule has 0 saturated carbocycles. The molecule has 3 heterocycles. The molecule has 3 aromatic heterocycles. The smallest absolute Gasteiger partial charge is 0.149 e. The summed E-state index contributed by atoms with van der Waals surface area (Å²) in [6, 6.07) is 67.2. The standard InChI is InChI=1S/C66H60N4O/c1-64(2,3)48-34-46(53-25-18-27-60-62(53)68-63(55-24-14-16-28-61(55)71)70(60)52-40-49(65(4,5)6)39-50(41-52)66(7,8)9)33-47(35-48)57-38-45(31-32-67-57)44-29-30-59-56(37-44)54-23-13-15-26-58(54)69(59)51-22-17-21-43(36-51)42-19-11-10-12-20-42/h10-41,71H,1-9H3. The number of benzene rings is 8. The molecule has 0 atom stereocenters. The van der Waals surface area contributed by atoms with E-state index in [1.807, 2.05) is 24.4 Å². The number of rotatable bonds is 7. The Morgan fingerprint density at radius 1 is 0.380 bits per heavy atom. The van der Waals surface area contributed by atoms with Crippen molar-refractivity contribution in [2.24, 2.45) is 0 Å². The SMILES string of the molecule is CC(C)(C)c1cc(-c2cc(-c3ccc4c(c3)c3ccccc3n4-c3cccc(-c4ccccc4)c3)ccn2)cc(-c2cccc3c2nc(-c2ccccc2O)n3-c2cc(C(C)(C)C)cc(C(C)(C)C)c2)c1. The summed E-state index contributed by atoms with van der Waals surface area (Å²) in [6.45, 7) is 20.4. The van der Waals surface area contributed by atoms with Crippen molar-refractivity contribution in [2.45, 2.75) is 78.6 Å². The molecule has 350 valence electrons. The van der Waals surface area contributed by atoms with Gasteiger partial charge in [-0.1, -0.05) is 165 Å². The molecule has 8 aromatic carbocycles. The second-order valence-corrected chi connectivity index (χ2v) is 22.2. The van der Waals surface area contributed by atoms with Crippen LogP contribution >= 0.6 is 0 Å². The Labute approximate surface area is 417 Å². The van der Waals surface area contributed by atoms with Gasteiger partial charge in [0.2, 0.25) is 0 Å². The molecule has 0 unspecified atom stereocenters. The molecule has 5 nitrogen and oxygen atoms in total. The van der Waals surface area contributed by atoms with Crippen molar-refractivity contribution in [3.05, 3.63) is 211 Å². The number of phenols is 1. The molecule has 5 heteroatoms. The first-order chi connectivity index (χ1) is 34.0. The quantitative estimate of drug-likeness (QED) is 0.173. The predicted molar refractivity (Wildman–Crippen MR) is 298 cm³/mol. The van der Waals surface area contributed by atoms with Gasteiger partial charge in [-0.3, -0.25) is 9.55 Å². The lowest BCUT2D eigenvalue weighted by atomic mass is 9.80. The summed E-state index contributed by atoms with van der Waals surface area (Å²) in [5.74, 6) is 0.883. The summed E-state index contributed by atoms with van der Waals surface area (Å²) in [5.41, 5.74) is 19.0. The van der Waals surface area contributed by atoms with Crippen LogP contribution < -0.4 is 0 Å². The second kappa shape index (κ2) is 17.1. The molecular weight excluding hydrogens is 865 g/mol. The van der Waals surface area contributed by atoms with E-state index in [9.17, 15) is 5.11 Å². The minimum absolute atomic E-state index is 0.0922. The highest BCUT2D eigenvalue weighted by Gasteiger charge is 2.26. The van der Waals surface area contributed by atoms with Gasteiger partial charge in [0.05, 0.1) is 33.3 Å². The van der Waals surface area contributed by atoms with Crippen molar-refractivity contribution < 1.29 is 5.11 Å². The van der Waals surface area contributed by atoms with Gasteiger partial charge in [-0.05, 0) is 146 Å². The van der Waals surface area contributed by atoms with Crippen molar-refractivity contribution in [1.82, 2.24) is 19.1 Å². The summed E-state index contributed by atoms with van der Waals surface area (Å²) in [7, 11) is 0. The first-order valence-electron chi connectivity index (χ1n) is 24.8. The fourth-order valence-corrected chi connectivity index (χ4v) is 10.1. The minimum atomic E-state index is -0.159. The Balaban J connectivity index is 1.05. The molecule has 0 aliphatic heterocycles. The maximum Gasteiger partial charge on any atom is 0.149 e. The zero-order chi connectivity index (χ0) is 49.4. The fourth-order valence-electron chi connectivity index (χ4n) is 10.1. The van der Waals surface area contributed by atoms with Crippen LogP contribution in [0.2, 0.25) is 0 Å². The normalized spacial score (nSPS) is 12.4. The van der Waals surface area contributed by atoms with E-state index >= 15 is 0 Å². The van der Waals surface area contributed by atoms with E-state index in [1.165, 1.54) is 44.1 Å². The third kappa shape index (κ3) is 8.39. The Hall–Kier alpha value is -8.02. The summed E-state index contributed by atoms with van der Waals surface area (Å²) in [5, 5.41) is 13.9. The first kappa shape index (κ1) is 45.4. The van der Waals surface area contributed by atoms with Crippen LogP contribution in [0.4, 0.5) is 0 Å². The zero-order valence-electron chi connectivity index (χ0n) is 42.2. The molecule has 0 amide bonds. The minimum Gasteiger partial charge on any atom is -0.507 e. The van der Waals surface area contributed by atoms with Crippen LogP contribution in [0.5, 0.6) is 5.75 Å². The molecule has 0 saturated heterocycles. The highest BCUT2D eigenvalue weighted by atomic mass is 16.3. The molecule has 71 heavy (non-hydrogen) atoms. The molecule has 0 bridgehead atoms. The average Bonchev–Trinajstić information content (AvgIpc) is 3.92. The summed E-state index contributed by atoms with van der Waals surface area (Å²) in [6.07, 6.45) is 1.94. The molecule has 11 rings (SSSR count). The van der Waals surface area contributed by atoms with Gasteiger partial charge in [0.1, 0.15) is 11.6 Å². The molecule has 1 N–H and O–H groups in total. The lowest BCUT2D eigenvalue weighted by Gasteiger charge is -2.27. The molecule has 0 aliphatic rings. The zero-order valence-corrected chi connectivity index (χ0v) is 42.2. The van der Waals surface area contributed by atoms with Gasteiger partial charge in [-0.25, -0.2) is 4.98 Å². The first-order valence-corrected chi connectivity index (χ1v) is 24.8. The summed E-state index contributed by atoms with van der Waals surface area (Å²) >= 11 is 0. The van der Waals surface area contributed by atoms with Crippen LogP contribution in [0.25, 0.3) is 100 Å². The van der Waals surface area contributed by atoms with Gasteiger partial charge in [-0.2, -0.15) is 0 Å². The third-order valence-electron chi connectivity index (χ3n) is 14.1. The van der Waals surface area contributed by atoms with E-state index in [0.29, 0.717) is 11.4 Å². The van der Waals surface area contributed by atoms with Gasteiger partial charge >= 0.3 is 0 Å². The number of para-hydroxylation sites is 3. The van der Waals surface area contributed by atoms with Gasteiger partial charge in [0.25, 0.3) is 0 Å². The molecular formula is C66H60N4O. The summed E-state index contributed by atoms with van der Waals surface area (Å²) in [4.78, 5) is 10.6. The van der Waals surface area contributed by atoms with Gasteiger partial charge < -0.3 is 9.67 Å². The lowest BCUT2D eigenvalue weighted by Crippen LogP contribution is -2.17. The number of hydrogen-bond acceptors (Lipinski definition) is 3. The van der Waals surface area contributed by atoms with Crippen LogP contribution in [-0.4, -0.2) is 24.2 Å². The fraction of sp³-hybridized carbons (Fsp3) is 0.182. The predicted octanol–water partition coefficient (Wildman–Crippen LogP) is 17.5. The highest BCUT2D eigenvalue weighted by molar-refractivity contribution is 6.10. The molecule has 0 radical (unpaired) electrons. The van der Waals surface area contributed by atoms with Crippen LogP contribution in [0.1, 0.15) is 79.0 Å². The number of hydrogen-bond donors (Lipinski definition) is 1. The van der Waals surface area contributed by atoms with Crippen LogP contribution in [-0.2, 0) is 16.2 Å². The number of pyridine rings is 1. The van der Waals surface area contributed by atoms with E-state index in [0.717, 1.165) is 61.4 Å². The number of fused-ring (bicyclic) bond motifs is 4. The number of aromatic nitrogens is 4. The molecule has 0 spiro atoms. The molecule has 0 fully saturated rings. The lowest BCUT2D eigenvalue weighted by molar-refractivity contribution is 0.477. The Morgan fingerprint density at radius 3 is 1.72 bits per heavy atom. The molecule has 0 aliphatic carbocycles. The van der Waals surface area contributed by atoms with Gasteiger partial charge in [0.15, 0.2) is 0 Å². The largest absolute Gasteiger partial charge is 0.507 e. The van der Waals surface area contributed by atoms with Gasteiger partial charge in [-0.15, -0.1) is 0 Å². The topological polar surface area (TPSA) is 55.9 Å². The van der Waals surface area contributed by atoms with Crippen LogP contribution in [0.15, 0.2) is 194 Å².